The molecule has 2 N–H and O–H groups in total. The smallest absolute Gasteiger partial charge is 0.266 e. The van der Waals surface area contributed by atoms with Crippen LogP contribution in [0.3, 0.4) is 0 Å². The van der Waals surface area contributed by atoms with E-state index in [0.29, 0.717) is 34.1 Å². The van der Waals surface area contributed by atoms with E-state index in [9.17, 15) is 4.79 Å². The average molecular weight is 305 g/mol. The molecule has 0 radical (unpaired) electrons. The van der Waals surface area contributed by atoms with Gasteiger partial charge in [-0.25, -0.2) is 4.98 Å². The van der Waals surface area contributed by atoms with Crippen molar-refractivity contribution in [2.24, 2.45) is 5.92 Å². The van der Waals surface area contributed by atoms with Crippen molar-refractivity contribution in [2.75, 3.05) is 12.8 Å². The molecular weight excluding hydrogens is 286 g/mol. The van der Waals surface area contributed by atoms with E-state index in [-0.39, 0.29) is 5.91 Å². The molecule has 2 aromatic rings. The second-order valence-electron chi connectivity index (χ2n) is 5.75. The van der Waals surface area contributed by atoms with Crippen molar-refractivity contribution in [1.29, 1.82) is 0 Å². The van der Waals surface area contributed by atoms with Crippen LogP contribution in [0.25, 0.3) is 0 Å². The van der Waals surface area contributed by atoms with Crippen LogP contribution in [0.4, 0.5) is 5.13 Å². The van der Waals surface area contributed by atoms with Gasteiger partial charge in [0.2, 0.25) is 0 Å². The topological polar surface area (TPSA) is 72.4 Å². The molecule has 2 atom stereocenters. The van der Waals surface area contributed by atoms with Crippen molar-refractivity contribution in [1.82, 2.24) is 9.88 Å². The van der Waals surface area contributed by atoms with Crippen LogP contribution in [0.15, 0.2) is 16.5 Å². The molecule has 1 aliphatic carbocycles. The number of nitrogens with zero attached hydrogens (tertiary/aromatic N) is 2. The molecule has 0 bridgehead atoms. The standard InChI is InChI=1S/C15H19N3O2S/c1-8-6-11(8)12-5-4-10(20-12)7-18(3)14(19)13-9(2)17-15(16)21-13/h4-5,8,11H,6-7H2,1-3H3,(H2,16,17). The Bertz CT molecular complexity index is 676. The largest absolute Gasteiger partial charge is 0.464 e. The number of aryl methyl sites for hydroxylation is 1. The van der Waals surface area contributed by atoms with Gasteiger partial charge in [0, 0.05) is 13.0 Å². The number of nitrogen functional groups attached to an aromatic ring is 1. The summed E-state index contributed by atoms with van der Waals surface area (Å²) in [5, 5.41) is 0.423. The van der Waals surface area contributed by atoms with Crippen molar-refractivity contribution >= 4 is 22.4 Å². The van der Waals surface area contributed by atoms with Crippen LogP contribution < -0.4 is 5.73 Å². The van der Waals surface area contributed by atoms with Gasteiger partial charge in [0.05, 0.1) is 12.2 Å². The van der Waals surface area contributed by atoms with Gasteiger partial charge in [-0.15, -0.1) is 0 Å². The number of rotatable bonds is 4. The highest BCUT2D eigenvalue weighted by molar-refractivity contribution is 7.17. The minimum absolute atomic E-state index is 0.0700. The predicted molar refractivity (Wildman–Crippen MR) is 82.3 cm³/mol. The zero-order valence-corrected chi connectivity index (χ0v) is 13.2. The molecular formula is C15H19N3O2S. The fraction of sp³-hybridized carbons (Fsp3) is 0.467. The number of thiazole rings is 1. The summed E-state index contributed by atoms with van der Waals surface area (Å²) in [6.45, 7) is 4.48. The summed E-state index contributed by atoms with van der Waals surface area (Å²) in [6, 6.07) is 3.98. The zero-order valence-electron chi connectivity index (χ0n) is 12.4. The lowest BCUT2D eigenvalue weighted by Gasteiger charge is -2.14. The summed E-state index contributed by atoms with van der Waals surface area (Å²) < 4.78 is 5.84. The van der Waals surface area contributed by atoms with E-state index >= 15 is 0 Å². The monoisotopic (exact) mass is 305 g/mol. The lowest BCUT2D eigenvalue weighted by Crippen LogP contribution is -2.25. The van der Waals surface area contributed by atoms with E-state index in [2.05, 4.69) is 11.9 Å². The molecule has 2 aromatic heterocycles. The van der Waals surface area contributed by atoms with Crippen LogP contribution in [0.5, 0.6) is 0 Å². The lowest BCUT2D eigenvalue weighted by atomic mass is 10.3. The van der Waals surface area contributed by atoms with E-state index in [1.165, 1.54) is 17.8 Å². The van der Waals surface area contributed by atoms with Crippen molar-refractivity contribution in [3.05, 3.63) is 34.2 Å². The average Bonchev–Trinajstić information content (AvgIpc) is 2.84. The van der Waals surface area contributed by atoms with Gasteiger partial charge in [-0.2, -0.15) is 0 Å². The Morgan fingerprint density at radius 2 is 2.29 bits per heavy atom. The maximum Gasteiger partial charge on any atom is 0.266 e. The number of amides is 1. The SMILES string of the molecule is Cc1nc(N)sc1C(=O)N(C)Cc1ccc(C2CC2C)o1. The fourth-order valence-corrected chi connectivity index (χ4v) is 3.32. The van der Waals surface area contributed by atoms with Crippen LogP contribution in [0.1, 0.15) is 46.1 Å². The van der Waals surface area contributed by atoms with Crippen LogP contribution in [0.2, 0.25) is 0 Å². The molecule has 6 heteroatoms. The van der Waals surface area contributed by atoms with Crippen LogP contribution >= 0.6 is 11.3 Å². The Labute approximate surface area is 127 Å². The molecule has 1 saturated carbocycles. The maximum absolute atomic E-state index is 12.4. The Morgan fingerprint density at radius 1 is 1.57 bits per heavy atom. The highest BCUT2D eigenvalue weighted by Crippen LogP contribution is 2.47. The summed E-state index contributed by atoms with van der Waals surface area (Å²) in [5.74, 6) is 3.06. The van der Waals surface area contributed by atoms with E-state index in [1.54, 1.807) is 18.9 Å². The van der Waals surface area contributed by atoms with Crippen molar-refractivity contribution in [2.45, 2.75) is 32.7 Å². The zero-order chi connectivity index (χ0) is 15.1. The molecule has 2 unspecified atom stereocenters. The van der Waals surface area contributed by atoms with Crippen LogP contribution in [-0.2, 0) is 6.54 Å². The Balaban J connectivity index is 1.68. The molecule has 1 aliphatic rings. The first-order valence-corrected chi connectivity index (χ1v) is 7.84. The molecule has 3 rings (SSSR count). The predicted octanol–water partition coefficient (Wildman–Crippen LogP) is 3.02. The van der Waals surface area contributed by atoms with Crippen molar-refractivity contribution in [3.63, 3.8) is 0 Å². The van der Waals surface area contributed by atoms with E-state index in [1.807, 2.05) is 12.1 Å². The summed E-state index contributed by atoms with van der Waals surface area (Å²) in [6.07, 6.45) is 1.20. The third-order valence-corrected chi connectivity index (χ3v) is 4.88. The van der Waals surface area contributed by atoms with Crippen LogP contribution in [0, 0.1) is 12.8 Å². The number of carbonyl (C=O) groups excluding carboxylic acids is 1. The molecule has 5 nitrogen and oxygen atoms in total. The first kappa shape index (κ1) is 14.1. The first-order chi connectivity index (χ1) is 9.95. The van der Waals surface area contributed by atoms with Crippen LogP contribution in [-0.4, -0.2) is 22.8 Å². The second-order valence-corrected chi connectivity index (χ2v) is 6.78. The van der Waals surface area contributed by atoms with Gasteiger partial charge < -0.3 is 15.1 Å². The minimum Gasteiger partial charge on any atom is -0.464 e. The Morgan fingerprint density at radius 3 is 2.86 bits per heavy atom. The third kappa shape index (κ3) is 2.81. The molecule has 0 spiro atoms. The molecule has 2 heterocycles. The maximum atomic E-state index is 12.4. The summed E-state index contributed by atoms with van der Waals surface area (Å²) in [4.78, 5) is 18.7. The highest BCUT2D eigenvalue weighted by atomic mass is 32.1. The van der Waals surface area contributed by atoms with E-state index in [0.717, 1.165) is 11.5 Å². The summed E-state index contributed by atoms with van der Waals surface area (Å²) in [7, 11) is 1.76. The number of nitrogens with two attached hydrogens (primary N) is 1. The lowest BCUT2D eigenvalue weighted by molar-refractivity contribution is 0.0778. The van der Waals surface area contributed by atoms with Gasteiger partial charge in [0.15, 0.2) is 5.13 Å². The van der Waals surface area contributed by atoms with Gasteiger partial charge >= 0.3 is 0 Å². The minimum atomic E-state index is -0.0700. The second kappa shape index (κ2) is 5.18. The van der Waals surface area contributed by atoms with Gasteiger partial charge in [-0.1, -0.05) is 18.3 Å². The molecule has 0 aromatic carbocycles. The van der Waals surface area contributed by atoms with E-state index < -0.39 is 0 Å². The van der Waals surface area contributed by atoms with Gasteiger partial charge in [-0.3, -0.25) is 4.79 Å². The number of anilines is 1. The fourth-order valence-electron chi connectivity index (χ4n) is 2.49. The summed E-state index contributed by atoms with van der Waals surface area (Å²) >= 11 is 1.23. The highest BCUT2D eigenvalue weighted by Gasteiger charge is 2.36. The quantitative estimate of drug-likeness (QED) is 0.942. The summed E-state index contributed by atoms with van der Waals surface area (Å²) in [5.41, 5.74) is 6.33. The van der Waals surface area contributed by atoms with Crippen molar-refractivity contribution < 1.29 is 9.21 Å². The Hall–Kier alpha value is -1.82. The van der Waals surface area contributed by atoms with Gasteiger partial charge in [0.1, 0.15) is 16.4 Å². The van der Waals surface area contributed by atoms with Gasteiger partial charge in [0.25, 0.3) is 5.91 Å². The molecule has 21 heavy (non-hydrogen) atoms. The number of hydrogen-bond acceptors (Lipinski definition) is 5. The van der Waals surface area contributed by atoms with Crippen molar-refractivity contribution in [3.8, 4) is 0 Å². The number of furan rings is 1. The Kier molecular flexibility index (Phi) is 3.49. The number of aromatic nitrogens is 1. The first-order valence-electron chi connectivity index (χ1n) is 7.02. The third-order valence-electron chi connectivity index (χ3n) is 3.90. The molecule has 1 amide bonds. The molecule has 0 saturated heterocycles. The molecule has 0 aliphatic heterocycles. The normalized spacial score (nSPS) is 20.5. The van der Waals surface area contributed by atoms with E-state index in [4.69, 9.17) is 10.2 Å². The van der Waals surface area contributed by atoms with Gasteiger partial charge in [-0.05, 0) is 31.4 Å². The number of carbonyl (C=O) groups is 1. The number of hydrogen-bond donors (Lipinski definition) is 1. The molecule has 1 fully saturated rings. The molecule has 112 valence electrons.